The van der Waals surface area contributed by atoms with Gasteiger partial charge in [0.15, 0.2) is 0 Å². The highest BCUT2D eigenvalue weighted by Crippen LogP contribution is 2.35. The van der Waals surface area contributed by atoms with Crippen molar-refractivity contribution in [3.8, 4) is 0 Å². The first-order valence-electron chi connectivity index (χ1n) is 10.7. The summed E-state index contributed by atoms with van der Waals surface area (Å²) in [7, 11) is -3.94. The van der Waals surface area contributed by atoms with Gasteiger partial charge in [-0.1, -0.05) is 78.5 Å². The molecule has 2 amide bonds. The summed E-state index contributed by atoms with van der Waals surface area (Å²) in [5, 5.41) is 3.09. The fourth-order valence-corrected chi connectivity index (χ4v) is 4.74. The topological polar surface area (TPSA) is 86.8 Å². The van der Waals surface area contributed by atoms with Crippen molar-refractivity contribution in [3.05, 3.63) is 63.1 Å². The molecule has 2 aromatic rings. The molecule has 186 valence electrons. The van der Waals surface area contributed by atoms with E-state index in [2.05, 4.69) is 5.32 Å². The standard InChI is InChI=1S/C23H28Cl3N3O4S/c1-4-5-11-27-23(31)16(2)28(14-17-9-7-6-8-10-17)22(30)15-29(34(3,32)33)21-13-19(25)18(24)12-20(21)26/h6-10,12-13,16H,4-5,11,14-15H2,1-3H3,(H,27,31)/t16-/m1/s1. The van der Waals surface area contributed by atoms with Crippen molar-refractivity contribution < 1.29 is 18.0 Å². The van der Waals surface area contributed by atoms with Gasteiger partial charge in [-0.2, -0.15) is 0 Å². The second-order valence-electron chi connectivity index (χ2n) is 7.82. The van der Waals surface area contributed by atoms with Crippen LogP contribution in [0.4, 0.5) is 5.69 Å². The highest BCUT2D eigenvalue weighted by atomic mass is 35.5. The Balaban J connectivity index is 2.39. The minimum absolute atomic E-state index is 0.0200. The molecule has 11 heteroatoms. The van der Waals surface area contributed by atoms with E-state index >= 15 is 0 Å². The van der Waals surface area contributed by atoms with E-state index < -0.39 is 28.5 Å². The summed E-state index contributed by atoms with van der Waals surface area (Å²) in [5.74, 6) is -0.897. The van der Waals surface area contributed by atoms with E-state index in [1.54, 1.807) is 6.92 Å². The van der Waals surface area contributed by atoms with Crippen molar-refractivity contribution >= 4 is 62.3 Å². The van der Waals surface area contributed by atoms with Crippen LogP contribution in [0.3, 0.4) is 0 Å². The maximum atomic E-state index is 13.5. The molecule has 0 bridgehead atoms. The molecular weight excluding hydrogens is 521 g/mol. The van der Waals surface area contributed by atoms with Crippen LogP contribution in [-0.4, -0.2) is 50.5 Å². The van der Waals surface area contributed by atoms with Gasteiger partial charge in [0.25, 0.3) is 0 Å². The Morgan fingerprint density at radius 2 is 1.65 bits per heavy atom. The van der Waals surface area contributed by atoms with E-state index in [1.807, 2.05) is 37.3 Å². The number of carbonyl (C=O) groups is 2. The zero-order valence-electron chi connectivity index (χ0n) is 19.2. The SMILES string of the molecule is CCCCNC(=O)[C@@H](C)N(Cc1ccccc1)C(=O)CN(c1cc(Cl)c(Cl)cc1Cl)S(C)(=O)=O. The molecule has 0 aliphatic rings. The first-order valence-corrected chi connectivity index (χ1v) is 13.7. The van der Waals surface area contributed by atoms with Crippen LogP contribution in [0, 0.1) is 0 Å². The highest BCUT2D eigenvalue weighted by molar-refractivity contribution is 7.92. The van der Waals surface area contributed by atoms with Gasteiger partial charge < -0.3 is 10.2 Å². The van der Waals surface area contributed by atoms with Gasteiger partial charge >= 0.3 is 0 Å². The number of unbranched alkanes of at least 4 members (excludes halogenated alkanes) is 1. The van der Waals surface area contributed by atoms with E-state index in [4.69, 9.17) is 34.8 Å². The molecule has 0 fully saturated rings. The molecule has 1 atom stereocenters. The van der Waals surface area contributed by atoms with Gasteiger partial charge in [0.05, 0.1) is 27.0 Å². The lowest BCUT2D eigenvalue weighted by Gasteiger charge is -2.31. The Labute approximate surface area is 216 Å². The second kappa shape index (κ2) is 12.6. The quantitative estimate of drug-likeness (QED) is 0.324. The van der Waals surface area contributed by atoms with E-state index in [-0.39, 0.29) is 33.2 Å². The maximum absolute atomic E-state index is 13.5. The summed E-state index contributed by atoms with van der Waals surface area (Å²) in [5.41, 5.74) is 0.814. The molecular formula is C23H28Cl3N3O4S. The van der Waals surface area contributed by atoms with Crippen LogP contribution in [0.1, 0.15) is 32.3 Å². The van der Waals surface area contributed by atoms with Crippen LogP contribution in [0.25, 0.3) is 0 Å². The van der Waals surface area contributed by atoms with E-state index in [1.165, 1.54) is 17.0 Å². The largest absolute Gasteiger partial charge is 0.354 e. The van der Waals surface area contributed by atoms with E-state index in [0.717, 1.165) is 29.0 Å². The number of benzene rings is 2. The molecule has 0 aromatic heterocycles. The van der Waals surface area contributed by atoms with Crippen LogP contribution in [0.2, 0.25) is 15.1 Å². The molecule has 0 spiro atoms. The Kier molecular flexibility index (Phi) is 10.5. The van der Waals surface area contributed by atoms with Gasteiger partial charge in [0, 0.05) is 13.1 Å². The number of hydrogen-bond donors (Lipinski definition) is 1. The van der Waals surface area contributed by atoms with Crippen molar-refractivity contribution in [2.24, 2.45) is 0 Å². The van der Waals surface area contributed by atoms with Crippen molar-refractivity contribution in [2.45, 2.75) is 39.3 Å². The lowest BCUT2D eigenvalue weighted by molar-refractivity contribution is -0.139. The molecule has 2 rings (SSSR count). The number of nitrogens with one attached hydrogen (secondary N) is 1. The number of amides is 2. The van der Waals surface area contributed by atoms with Crippen LogP contribution < -0.4 is 9.62 Å². The maximum Gasteiger partial charge on any atom is 0.244 e. The first-order chi connectivity index (χ1) is 16.0. The highest BCUT2D eigenvalue weighted by Gasteiger charge is 2.31. The first kappa shape index (κ1) is 28.2. The minimum atomic E-state index is -3.94. The van der Waals surface area contributed by atoms with E-state index in [0.29, 0.717) is 6.54 Å². The Morgan fingerprint density at radius 1 is 1.03 bits per heavy atom. The summed E-state index contributed by atoms with van der Waals surface area (Å²) < 4.78 is 26.1. The number of hydrogen-bond acceptors (Lipinski definition) is 4. The molecule has 0 aliphatic carbocycles. The zero-order chi connectivity index (χ0) is 25.5. The van der Waals surface area contributed by atoms with Gasteiger partial charge in [-0.05, 0) is 31.0 Å². The number of carbonyl (C=O) groups excluding carboxylic acids is 2. The zero-order valence-corrected chi connectivity index (χ0v) is 22.3. The van der Waals surface area contributed by atoms with Crippen molar-refractivity contribution in [1.82, 2.24) is 10.2 Å². The third-order valence-corrected chi connectivity index (χ3v) is 7.28. The minimum Gasteiger partial charge on any atom is -0.354 e. The number of halogens is 3. The fraction of sp³-hybridized carbons (Fsp3) is 0.391. The lowest BCUT2D eigenvalue weighted by atomic mass is 10.1. The van der Waals surface area contributed by atoms with Crippen LogP contribution in [-0.2, 0) is 26.2 Å². The average Bonchev–Trinajstić information content (AvgIpc) is 2.78. The third-order valence-electron chi connectivity index (χ3n) is 5.13. The van der Waals surface area contributed by atoms with Crippen molar-refractivity contribution in [2.75, 3.05) is 23.7 Å². The number of rotatable bonds is 11. The fourth-order valence-electron chi connectivity index (χ4n) is 3.20. The summed E-state index contributed by atoms with van der Waals surface area (Å²) in [6, 6.07) is 10.9. The van der Waals surface area contributed by atoms with Gasteiger partial charge in [-0.25, -0.2) is 8.42 Å². The van der Waals surface area contributed by atoms with Gasteiger partial charge in [0.2, 0.25) is 21.8 Å². The average molecular weight is 549 g/mol. The molecule has 0 aliphatic heterocycles. The normalized spacial score (nSPS) is 12.2. The summed E-state index contributed by atoms with van der Waals surface area (Å²) in [6.45, 7) is 3.65. The Hall–Kier alpha value is -2.00. The predicted octanol–water partition coefficient (Wildman–Crippen LogP) is 4.75. The third kappa shape index (κ3) is 7.77. The van der Waals surface area contributed by atoms with E-state index in [9.17, 15) is 18.0 Å². The van der Waals surface area contributed by atoms with Crippen LogP contribution >= 0.6 is 34.8 Å². The molecule has 0 saturated heterocycles. The molecule has 0 unspecified atom stereocenters. The second-order valence-corrected chi connectivity index (χ2v) is 10.9. The molecule has 1 N–H and O–H groups in total. The van der Waals surface area contributed by atoms with Crippen LogP contribution in [0.15, 0.2) is 42.5 Å². The van der Waals surface area contributed by atoms with Gasteiger partial charge in [-0.15, -0.1) is 0 Å². The Bertz CT molecular complexity index is 1110. The molecule has 34 heavy (non-hydrogen) atoms. The summed E-state index contributed by atoms with van der Waals surface area (Å²) in [6.07, 6.45) is 2.68. The molecule has 0 radical (unpaired) electrons. The van der Waals surface area contributed by atoms with Crippen molar-refractivity contribution in [3.63, 3.8) is 0 Å². The number of nitrogens with zero attached hydrogens (tertiary/aromatic N) is 2. The number of sulfonamides is 1. The van der Waals surface area contributed by atoms with Gasteiger partial charge in [-0.3, -0.25) is 13.9 Å². The summed E-state index contributed by atoms with van der Waals surface area (Å²) >= 11 is 18.3. The molecule has 2 aromatic carbocycles. The number of anilines is 1. The molecule has 7 nitrogen and oxygen atoms in total. The smallest absolute Gasteiger partial charge is 0.244 e. The molecule has 0 heterocycles. The summed E-state index contributed by atoms with van der Waals surface area (Å²) in [4.78, 5) is 27.6. The molecule has 0 saturated carbocycles. The Morgan fingerprint density at radius 3 is 2.24 bits per heavy atom. The van der Waals surface area contributed by atoms with Gasteiger partial charge in [0.1, 0.15) is 12.6 Å². The monoisotopic (exact) mass is 547 g/mol. The van der Waals surface area contributed by atoms with Crippen molar-refractivity contribution in [1.29, 1.82) is 0 Å². The van der Waals surface area contributed by atoms with Crippen LogP contribution in [0.5, 0.6) is 0 Å². The predicted molar refractivity (Wildman–Crippen MR) is 138 cm³/mol. The lowest BCUT2D eigenvalue weighted by Crippen LogP contribution is -2.51.